The molecule has 20 heavy (non-hydrogen) atoms. The van der Waals surface area contributed by atoms with Crippen LogP contribution in [0, 0.1) is 0 Å². The largest absolute Gasteiger partial charge is 0.492 e. The Labute approximate surface area is 122 Å². The van der Waals surface area contributed by atoms with Gasteiger partial charge in [-0.1, -0.05) is 6.92 Å². The van der Waals surface area contributed by atoms with Crippen molar-refractivity contribution in [2.75, 3.05) is 13.2 Å². The van der Waals surface area contributed by atoms with E-state index in [1.165, 1.54) is 15.6 Å². The first-order valence-corrected chi connectivity index (χ1v) is 7.52. The van der Waals surface area contributed by atoms with Crippen molar-refractivity contribution in [1.82, 2.24) is 9.78 Å². The van der Waals surface area contributed by atoms with Crippen LogP contribution in [0.15, 0.2) is 29.2 Å². The number of thiophene rings is 1. The molecule has 2 heterocycles. The molecule has 0 aliphatic heterocycles. The van der Waals surface area contributed by atoms with Crippen LogP contribution in [-0.2, 0) is 13.0 Å². The molecule has 0 aromatic carbocycles. The number of nitrogens with zero attached hydrogens (tertiary/aromatic N) is 2. The monoisotopic (exact) mass is 293 g/mol. The zero-order valence-electron chi connectivity index (χ0n) is 11.5. The molecule has 6 heteroatoms. The number of nitrogens with two attached hydrogens (primary N) is 1. The van der Waals surface area contributed by atoms with Crippen molar-refractivity contribution >= 4 is 11.3 Å². The quantitative estimate of drug-likeness (QED) is 0.788. The lowest BCUT2D eigenvalue weighted by molar-refractivity contribution is 0.309. The molecule has 0 amide bonds. The lowest BCUT2D eigenvalue weighted by atomic mass is 10.3. The van der Waals surface area contributed by atoms with Gasteiger partial charge in [-0.25, -0.2) is 4.68 Å². The molecule has 0 saturated carbocycles. The van der Waals surface area contributed by atoms with E-state index in [1.54, 1.807) is 17.5 Å². The average molecular weight is 293 g/mol. The zero-order chi connectivity index (χ0) is 14.4. The van der Waals surface area contributed by atoms with Gasteiger partial charge in [-0.05, 0) is 31.5 Å². The van der Waals surface area contributed by atoms with E-state index in [0.717, 1.165) is 17.7 Å². The first-order valence-electron chi connectivity index (χ1n) is 6.70. The number of aromatic nitrogens is 2. The minimum absolute atomic E-state index is 0.151. The minimum Gasteiger partial charge on any atom is -0.492 e. The highest BCUT2D eigenvalue weighted by atomic mass is 32.1. The van der Waals surface area contributed by atoms with Gasteiger partial charge in [0.2, 0.25) is 0 Å². The highest BCUT2D eigenvalue weighted by molar-refractivity contribution is 7.11. The summed E-state index contributed by atoms with van der Waals surface area (Å²) in [4.78, 5) is 14.4. The molecule has 2 N–H and O–H groups in total. The van der Waals surface area contributed by atoms with Crippen LogP contribution in [-0.4, -0.2) is 22.9 Å². The fourth-order valence-corrected chi connectivity index (χ4v) is 2.67. The summed E-state index contributed by atoms with van der Waals surface area (Å²) in [6.07, 6.45) is 3.35. The van der Waals surface area contributed by atoms with E-state index in [9.17, 15) is 4.79 Å². The standard InChI is InChI=1S/C14H19N3O2S/c1-2-12-4-5-13(20-12)10-17-14(18)8-11(9-16-17)19-7-3-6-15/h4-5,8-9H,2-3,6-7,10,15H2,1H3. The molecular weight excluding hydrogens is 274 g/mol. The third kappa shape index (κ3) is 3.91. The Morgan fingerprint density at radius 2 is 2.20 bits per heavy atom. The van der Waals surface area contributed by atoms with Crippen molar-refractivity contribution in [2.24, 2.45) is 5.73 Å². The van der Waals surface area contributed by atoms with Crippen LogP contribution < -0.4 is 16.0 Å². The van der Waals surface area contributed by atoms with Gasteiger partial charge in [0.05, 0.1) is 19.3 Å². The van der Waals surface area contributed by atoms with Crippen molar-refractivity contribution in [2.45, 2.75) is 26.3 Å². The molecule has 0 spiro atoms. The molecule has 0 bridgehead atoms. The molecular formula is C14H19N3O2S. The van der Waals surface area contributed by atoms with Crippen LogP contribution >= 0.6 is 11.3 Å². The van der Waals surface area contributed by atoms with Crippen LogP contribution in [0.2, 0.25) is 0 Å². The molecule has 0 radical (unpaired) electrons. The first-order chi connectivity index (χ1) is 9.72. The summed E-state index contributed by atoms with van der Waals surface area (Å²) in [7, 11) is 0. The topological polar surface area (TPSA) is 70.1 Å². The molecule has 0 unspecified atom stereocenters. The summed E-state index contributed by atoms with van der Waals surface area (Å²) in [5.41, 5.74) is 5.23. The first kappa shape index (κ1) is 14.7. The second-order valence-corrected chi connectivity index (χ2v) is 5.65. The maximum absolute atomic E-state index is 12.0. The van der Waals surface area contributed by atoms with Crippen molar-refractivity contribution in [3.63, 3.8) is 0 Å². The lowest BCUT2D eigenvalue weighted by Gasteiger charge is -2.06. The number of hydrogen-bond donors (Lipinski definition) is 1. The summed E-state index contributed by atoms with van der Waals surface area (Å²) >= 11 is 1.71. The SMILES string of the molecule is CCc1ccc(Cn2ncc(OCCCN)cc2=O)s1. The molecule has 0 atom stereocenters. The number of ether oxygens (including phenoxy) is 1. The smallest absolute Gasteiger partial charge is 0.270 e. The highest BCUT2D eigenvalue weighted by Crippen LogP contribution is 2.17. The minimum atomic E-state index is -0.151. The van der Waals surface area contributed by atoms with Crippen LogP contribution in [0.3, 0.4) is 0 Å². The van der Waals surface area contributed by atoms with E-state index < -0.39 is 0 Å². The van der Waals surface area contributed by atoms with Gasteiger partial charge in [-0.15, -0.1) is 11.3 Å². The Balaban J connectivity index is 2.03. The summed E-state index contributed by atoms with van der Waals surface area (Å²) < 4.78 is 6.85. The third-order valence-corrected chi connectivity index (χ3v) is 4.05. The Hall–Kier alpha value is -1.66. The average Bonchev–Trinajstić information content (AvgIpc) is 2.90. The van der Waals surface area contributed by atoms with Crippen LogP contribution in [0.5, 0.6) is 5.75 Å². The van der Waals surface area contributed by atoms with Crippen LogP contribution in [0.1, 0.15) is 23.1 Å². The van der Waals surface area contributed by atoms with Gasteiger partial charge in [-0.3, -0.25) is 4.79 Å². The summed E-state index contributed by atoms with van der Waals surface area (Å²) in [6, 6.07) is 5.61. The lowest BCUT2D eigenvalue weighted by Crippen LogP contribution is -2.22. The molecule has 2 aromatic heterocycles. The van der Waals surface area contributed by atoms with E-state index >= 15 is 0 Å². The van der Waals surface area contributed by atoms with Gasteiger partial charge < -0.3 is 10.5 Å². The Morgan fingerprint density at radius 3 is 2.85 bits per heavy atom. The van der Waals surface area contributed by atoms with Crippen molar-refractivity contribution < 1.29 is 4.74 Å². The summed E-state index contributed by atoms with van der Waals surface area (Å²) in [5.74, 6) is 0.500. The third-order valence-electron chi connectivity index (χ3n) is 2.83. The van der Waals surface area contributed by atoms with Gasteiger partial charge >= 0.3 is 0 Å². The van der Waals surface area contributed by atoms with E-state index in [1.807, 2.05) is 6.07 Å². The molecule has 0 aliphatic rings. The zero-order valence-corrected chi connectivity index (χ0v) is 12.4. The molecule has 2 rings (SSSR count). The van der Waals surface area contributed by atoms with Gasteiger partial charge in [0.25, 0.3) is 5.56 Å². The fourth-order valence-electron chi connectivity index (χ4n) is 1.73. The molecule has 108 valence electrons. The van der Waals surface area contributed by atoms with E-state index in [2.05, 4.69) is 18.1 Å². The second-order valence-electron chi connectivity index (χ2n) is 4.40. The number of hydrogen-bond acceptors (Lipinski definition) is 5. The van der Waals surface area contributed by atoms with E-state index in [-0.39, 0.29) is 5.56 Å². The Morgan fingerprint density at radius 1 is 1.40 bits per heavy atom. The molecule has 0 saturated heterocycles. The van der Waals surface area contributed by atoms with E-state index in [4.69, 9.17) is 10.5 Å². The molecule has 2 aromatic rings. The van der Waals surface area contributed by atoms with Gasteiger partial charge in [0, 0.05) is 15.8 Å². The van der Waals surface area contributed by atoms with Crippen LogP contribution in [0.25, 0.3) is 0 Å². The van der Waals surface area contributed by atoms with Gasteiger partial charge in [-0.2, -0.15) is 5.10 Å². The van der Waals surface area contributed by atoms with Crippen molar-refractivity contribution in [3.05, 3.63) is 44.5 Å². The number of rotatable bonds is 7. The Kier molecular flexibility index (Phi) is 5.31. The van der Waals surface area contributed by atoms with Gasteiger partial charge in [0.1, 0.15) is 5.75 Å². The normalized spacial score (nSPS) is 10.7. The maximum atomic E-state index is 12.0. The van der Waals surface area contributed by atoms with Crippen molar-refractivity contribution in [3.8, 4) is 5.75 Å². The second kappa shape index (κ2) is 7.21. The molecule has 0 aliphatic carbocycles. The highest BCUT2D eigenvalue weighted by Gasteiger charge is 2.04. The fraction of sp³-hybridized carbons (Fsp3) is 0.429. The van der Waals surface area contributed by atoms with E-state index in [0.29, 0.717) is 25.4 Å². The molecule has 0 fully saturated rings. The predicted octanol–water partition coefficient (Wildman–Crippen LogP) is 1.64. The summed E-state index contributed by atoms with van der Waals surface area (Å²) in [6.45, 7) is 3.70. The molecule has 5 nitrogen and oxygen atoms in total. The van der Waals surface area contributed by atoms with Crippen molar-refractivity contribution in [1.29, 1.82) is 0 Å². The van der Waals surface area contributed by atoms with Crippen LogP contribution in [0.4, 0.5) is 0 Å². The number of aryl methyl sites for hydroxylation is 1. The Bertz CT molecular complexity index is 606. The summed E-state index contributed by atoms with van der Waals surface area (Å²) in [5, 5.41) is 4.14. The predicted molar refractivity (Wildman–Crippen MR) is 80.5 cm³/mol. The van der Waals surface area contributed by atoms with Gasteiger partial charge in [0.15, 0.2) is 0 Å². The maximum Gasteiger partial charge on any atom is 0.270 e.